The summed E-state index contributed by atoms with van der Waals surface area (Å²) in [6, 6.07) is 5.61. The van der Waals surface area contributed by atoms with Crippen molar-refractivity contribution in [2.45, 2.75) is 32.8 Å². The zero-order valence-electron chi connectivity index (χ0n) is 14.7. The van der Waals surface area contributed by atoms with Crippen LogP contribution in [0.2, 0.25) is 0 Å². The maximum atomic E-state index is 12.0. The number of benzene rings is 1. The molecule has 24 heavy (non-hydrogen) atoms. The minimum absolute atomic E-state index is 0.00106. The van der Waals surface area contributed by atoms with E-state index in [1.54, 1.807) is 20.8 Å². The van der Waals surface area contributed by atoms with Gasteiger partial charge in [-0.1, -0.05) is 11.5 Å². The Bertz CT molecular complexity index is 573. The maximum Gasteiger partial charge on any atom is 0.407 e. The number of ether oxygens (including phenoxy) is 1. The Labute approximate surface area is 143 Å². The van der Waals surface area contributed by atoms with Crippen LogP contribution in [0.4, 0.5) is 16.2 Å². The van der Waals surface area contributed by atoms with Crippen LogP contribution >= 0.6 is 0 Å². The summed E-state index contributed by atoms with van der Waals surface area (Å²) in [6.45, 7) is 5.91. The maximum absolute atomic E-state index is 12.0. The Morgan fingerprint density at radius 2 is 1.92 bits per heavy atom. The van der Waals surface area contributed by atoms with Gasteiger partial charge in [-0.25, -0.2) is 4.79 Å². The lowest BCUT2D eigenvalue weighted by atomic mass is 9.95. The highest BCUT2D eigenvalue weighted by Crippen LogP contribution is 2.19. The molecule has 0 spiro atoms. The zero-order valence-corrected chi connectivity index (χ0v) is 14.7. The molecule has 0 radical (unpaired) electrons. The van der Waals surface area contributed by atoms with Crippen LogP contribution in [-0.2, 0) is 9.53 Å². The van der Waals surface area contributed by atoms with Crippen LogP contribution < -0.4 is 21.4 Å². The van der Waals surface area contributed by atoms with Crippen molar-refractivity contribution in [3.05, 3.63) is 18.2 Å². The van der Waals surface area contributed by atoms with Crippen LogP contribution in [-0.4, -0.2) is 50.3 Å². The number of aliphatic hydroxyl groups excluding tert-OH is 1. The third-order valence-electron chi connectivity index (χ3n) is 2.90. The lowest BCUT2D eigenvalue weighted by molar-refractivity contribution is -0.116. The SMILES string of the molecule is Bc1ccc(NCCO)c(NC(=O)CCNC(=O)OC(C)(C)C)c1. The Hall–Kier alpha value is -2.22. The van der Waals surface area contributed by atoms with E-state index in [2.05, 4.69) is 16.0 Å². The fourth-order valence-corrected chi connectivity index (χ4v) is 1.91. The van der Waals surface area contributed by atoms with Crippen LogP contribution in [0.15, 0.2) is 18.2 Å². The third-order valence-corrected chi connectivity index (χ3v) is 2.90. The van der Waals surface area contributed by atoms with Gasteiger partial charge in [0.15, 0.2) is 0 Å². The lowest BCUT2D eigenvalue weighted by Gasteiger charge is -2.19. The molecule has 1 aromatic rings. The predicted octanol–water partition coefficient (Wildman–Crippen LogP) is 0.202. The lowest BCUT2D eigenvalue weighted by Crippen LogP contribution is -2.34. The van der Waals surface area contributed by atoms with Crippen molar-refractivity contribution >= 4 is 36.7 Å². The van der Waals surface area contributed by atoms with Crippen LogP contribution in [0.1, 0.15) is 27.2 Å². The third kappa shape index (κ3) is 7.87. The smallest absolute Gasteiger partial charge is 0.407 e. The van der Waals surface area contributed by atoms with E-state index in [0.29, 0.717) is 12.2 Å². The molecule has 7 nitrogen and oxygen atoms in total. The number of hydrogen-bond acceptors (Lipinski definition) is 5. The van der Waals surface area contributed by atoms with E-state index in [-0.39, 0.29) is 25.5 Å². The Morgan fingerprint density at radius 3 is 2.54 bits per heavy atom. The molecule has 0 aliphatic carbocycles. The van der Waals surface area contributed by atoms with Gasteiger partial charge in [0, 0.05) is 19.5 Å². The highest BCUT2D eigenvalue weighted by atomic mass is 16.6. The molecular formula is C16H26BN3O4. The first kappa shape index (κ1) is 19.8. The number of amides is 2. The van der Waals surface area contributed by atoms with E-state index in [0.717, 1.165) is 11.2 Å². The number of aliphatic hydroxyl groups is 1. The minimum Gasteiger partial charge on any atom is -0.444 e. The summed E-state index contributed by atoms with van der Waals surface area (Å²) in [7, 11) is 1.93. The van der Waals surface area contributed by atoms with Gasteiger partial charge in [-0.05, 0) is 32.9 Å². The number of anilines is 2. The molecule has 2 amide bonds. The molecule has 0 atom stereocenters. The van der Waals surface area contributed by atoms with Gasteiger partial charge in [0.05, 0.1) is 18.0 Å². The van der Waals surface area contributed by atoms with Gasteiger partial charge in [-0.2, -0.15) is 0 Å². The van der Waals surface area contributed by atoms with Crippen molar-refractivity contribution in [3.8, 4) is 0 Å². The summed E-state index contributed by atoms with van der Waals surface area (Å²) in [5, 5.41) is 17.3. The van der Waals surface area contributed by atoms with Crippen molar-refractivity contribution in [1.29, 1.82) is 0 Å². The van der Waals surface area contributed by atoms with Crippen LogP contribution in [0.25, 0.3) is 0 Å². The Morgan fingerprint density at radius 1 is 1.21 bits per heavy atom. The summed E-state index contributed by atoms with van der Waals surface area (Å²) in [4.78, 5) is 23.6. The molecule has 0 fully saturated rings. The van der Waals surface area contributed by atoms with Crippen LogP contribution in [0, 0.1) is 0 Å². The molecule has 0 saturated heterocycles. The van der Waals surface area contributed by atoms with Gasteiger partial charge in [-0.15, -0.1) is 0 Å². The van der Waals surface area contributed by atoms with Crippen LogP contribution in [0.3, 0.4) is 0 Å². The molecule has 0 aromatic heterocycles. The summed E-state index contributed by atoms with van der Waals surface area (Å²) in [6.07, 6.45) is -0.414. The summed E-state index contributed by atoms with van der Waals surface area (Å²) >= 11 is 0. The van der Waals surface area contributed by atoms with Gasteiger partial charge in [0.2, 0.25) is 5.91 Å². The molecule has 0 heterocycles. The van der Waals surface area contributed by atoms with E-state index in [9.17, 15) is 9.59 Å². The molecule has 1 rings (SSSR count). The van der Waals surface area contributed by atoms with Crippen molar-refractivity contribution in [1.82, 2.24) is 5.32 Å². The second-order valence-corrected chi connectivity index (χ2v) is 6.43. The number of hydrogen-bond donors (Lipinski definition) is 4. The first-order chi connectivity index (χ1) is 11.2. The molecule has 0 bridgehead atoms. The van der Waals surface area contributed by atoms with Gasteiger partial charge in [-0.3, -0.25) is 4.79 Å². The largest absolute Gasteiger partial charge is 0.444 e. The van der Waals surface area contributed by atoms with Crippen molar-refractivity contribution in [3.63, 3.8) is 0 Å². The predicted molar refractivity (Wildman–Crippen MR) is 97.7 cm³/mol. The van der Waals surface area contributed by atoms with Crippen molar-refractivity contribution < 1.29 is 19.4 Å². The van der Waals surface area contributed by atoms with E-state index >= 15 is 0 Å². The molecule has 8 heteroatoms. The molecule has 0 aliphatic rings. The monoisotopic (exact) mass is 335 g/mol. The number of rotatable bonds is 7. The quantitative estimate of drug-likeness (QED) is 0.534. The molecule has 0 unspecified atom stereocenters. The fourth-order valence-electron chi connectivity index (χ4n) is 1.91. The van der Waals surface area contributed by atoms with Gasteiger partial charge in [0.25, 0.3) is 0 Å². The van der Waals surface area contributed by atoms with Crippen LogP contribution in [0.5, 0.6) is 0 Å². The van der Waals surface area contributed by atoms with E-state index in [1.807, 2.05) is 26.0 Å². The zero-order chi connectivity index (χ0) is 18.2. The van der Waals surface area contributed by atoms with E-state index < -0.39 is 11.7 Å². The van der Waals surface area contributed by atoms with Gasteiger partial charge < -0.3 is 25.8 Å². The average Bonchev–Trinajstić information content (AvgIpc) is 2.44. The van der Waals surface area contributed by atoms with E-state index in [1.165, 1.54) is 0 Å². The Kier molecular flexibility index (Phi) is 7.58. The van der Waals surface area contributed by atoms with Gasteiger partial charge >= 0.3 is 6.09 Å². The molecule has 0 aliphatic heterocycles. The normalized spacial score (nSPS) is 10.8. The molecular weight excluding hydrogens is 309 g/mol. The standard InChI is InChI=1S/C16H26BN3O4/c1-16(2,3)24-15(23)19-7-6-14(22)20-13-10-11(17)4-5-12(13)18-8-9-21/h4-5,10,18,21H,6-9,17H2,1-3H3,(H,19,23)(H,20,22). The minimum atomic E-state index is -0.568. The first-order valence-electron chi connectivity index (χ1n) is 7.93. The Balaban J connectivity index is 2.50. The second kappa shape index (κ2) is 9.17. The van der Waals surface area contributed by atoms with Crippen molar-refractivity contribution in [2.75, 3.05) is 30.3 Å². The van der Waals surface area contributed by atoms with Crippen molar-refractivity contribution in [2.24, 2.45) is 0 Å². The topological polar surface area (TPSA) is 99.7 Å². The van der Waals surface area contributed by atoms with Gasteiger partial charge in [0.1, 0.15) is 13.4 Å². The number of carbonyl (C=O) groups excluding carboxylic acids is 2. The average molecular weight is 335 g/mol. The summed E-state index contributed by atoms with van der Waals surface area (Å²) in [5.74, 6) is -0.219. The number of carbonyl (C=O) groups is 2. The molecule has 1 aromatic carbocycles. The number of nitrogens with one attached hydrogen (secondary N) is 3. The molecule has 4 N–H and O–H groups in total. The highest BCUT2D eigenvalue weighted by Gasteiger charge is 2.16. The second-order valence-electron chi connectivity index (χ2n) is 6.43. The first-order valence-corrected chi connectivity index (χ1v) is 7.93. The van der Waals surface area contributed by atoms with E-state index in [4.69, 9.17) is 9.84 Å². The molecule has 132 valence electrons. The highest BCUT2D eigenvalue weighted by molar-refractivity contribution is 6.32. The number of alkyl carbamates (subject to hydrolysis) is 1. The molecule has 0 saturated carbocycles. The summed E-state index contributed by atoms with van der Waals surface area (Å²) in [5.41, 5.74) is 1.82. The summed E-state index contributed by atoms with van der Waals surface area (Å²) < 4.78 is 5.10. The fraction of sp³-hybridized carbons (Fsp3) is 0.500.